The summed E-state index contributed by atoms with van der Waals surface area (Å²) in [6.07, 6.45) is 1.83. The van der Waals surface area contributed by atoms with Crippen LogP contribution in [0.5, 0.6) is 0 Å². The van der Waals surface area contributed by atoms with Gasteiger partial charge >= 0.3 is 0 Å². The van der Waals surface area contributed by atoms with Crippen LogP contribution in [0.3, 0.4) is 0 Å². The highest BCUT2D eigenvalue weighted by Gasteiger charge is 2.02. The van der Waals surface area contributed by atoms with Crippen molar-refractivity contribution in [3.05, 3.63) is 47.7 Å². The highest BCUT2D eigenvalue weighted by Crippen LogP contribution is 2.31. The first kappa shape index (κ1) is 12.0. The topological polar surface area (TPSA) is 24.9 Å². The van der Waals surface area contributed by atoms with Crippen LogP contribution >= 0.6 is 11.8 Å². The van der Waals surface area contributed by atoms with Gasteiger partial charge in [-0.1, -0.05) is 23.9 Å². The van der Waals surface area contributed by atoms with E-state index in [2.05, 4.69) is 48.4 Å². The molecule has 1 N–H and O–H groups in total. The van der Waals surface area contributed by atoms with Crippen LogP contribution in [0.2, 0.25) is 0 Å². The van der Waals surface area contributed by atoms with Gasteiger partial charge in [-0.2, -0.15) is 0 Å². The normalized spacial score (nSPS) is 10.3. The van der Waals surface area contributed by atoms with Crippen LogP contribution in [-0.4, -0.2) is 12.0 Å². The van der Waals surface area contributed by atoms with E-state index in [0.29, 0.717) is 0 Å². The van der Waals surface area contributed by atoms with E-state index in [9.17, 15) is 0 Å². The summed E-state index contributed by atoms with van der Waals surface area (Å²) in [7, 11) is 1.88. The van der Waals surface area contributed by atoms with Crippen molar-refractivity contribution >= 4 is 17.6 Å². The average Bonchev–Trinajstić information content (AvgIpc) is 2.34. The Kier molecular flexibility index (Phi) is 3.69. The molecule has 0 aliphatic carbocycles. The lowest BCUT2D eigenvalue weighted by Gasteiger charge is -2.07. The molecule has 1 heterocycles. The second-order valence-electron chi connectivity index (χ2n) is 4.00. The molecule has 0 saturated carbocycles. The third kappa shape index (κ3) is 3.01. The highest BCUT2D eigenvalue weighted by molar-refractivity contribution is 7.99. The molecule has 1 aromatic heterocycles. The molecule has 0 spiro atoms. The van der Waals surface area contributed by atoms with Gasteiger partial charge < -0.3 is 5.32 Å². The zero-order chi connectivity index (χ0) is 12.3. The summed E-state index contributed by atoms with van der Waals surface area (Å²) in [4.78, 5) is 6.73. The van der Waals surface area contributed by atoms with Crippen molar-refractivity contribution in [2.75, 3.05) is 12.4 Å². The minimum absolute atomic E-state index is 0.903. The fourth-order valence-corrected chi connectivity index (χ4v) is 2.58. The molecule has 17 heavy (non-hydrogen) atoms. The zero-order valence-corrected chi connectivity index (χ0v) is 11.1. The van der Waals surface area contributed by atoms with Crippen molar-refractivity contribution in [1.29, 1.82) is 0 Å². The summed E-state index contributed by atoms with van der Waals surface area (Å²) in [5.41, 5.74) is 2.60. The van der Waals surface area contributed by atoms with Crippen LogP contribution in [0.1, 0.15) is 11.1 Å². The van der Waals surface area contributed by atoms with Gasteiger partial charge in [0, 0.05) is 23.0 Å². The molecule has 3 heteroatoms. The molecule has 0 aliphatic rings. The van der Waals surface area contributed by atoms with Gasteiger partial charge in [0.05, 0.1) is 0 Å². The molecule has 2 nitrogen and oxygen atoms in total. The Morgan fingerprint density at radius 3 is 2.71 bits per heavy atom. The number of benzene rings is 1. The molecule has 2 rings (SSSR count). The van der Waals surface area contributed by atoms with Crippen molar-refractivity contribution in [1.82, 2.24) is 4.98 Å². The Morgan fingerprint density at radius 2 is 1.94 bits per heavy atom. The molecule has 0 saturated heterocycles. The monoisotopic (exact) mass is 244 g/mol. The standard InChI is InChI=1S/C14H16N2S/c1-10-4-5-11(2)13(8-10)17-12-6-7-16-14(9-12)15-3/h4-9H,1-3H3,(H,15,16). The van der Waals surface area contributed by atoms with E-state index < -0.39 is 0 Å². The highest BCUT2D eigenvalue weighted by atomic mass is 32.2. The van der Waals surface area contributed by atoms with Crippen LogP contribution in [0.15, 0.2) is 46.3 Å². The minimum Gasteiger partial charge on any atom is -0.373 e. The summed E-state index contributed by atoms with van der Waals surface area (Å²) < 4.78 is 0. The van der Waals surface area contributed by atoms with E-state index in [1.54, 1.807) is 11.8 Å². The molecule has 0 unspecified atom stereocenters. The molecule has 2 aromatic rings. The molecule has 0 aliphatic heterocycles. The van der Waals surface area contributed by atoms with E-state index in [0.717, 1.165) is 5.82 Å². The Hall–Kier alpha value is -1.48. The predicted octanol–water partition coefficient (Wildman–Crippen LogP) is 3.89. The van der Waals surface area contributed by atoms with Gasteiger partial charge in [-0.15, -0.1) is 0 Å². The summed E-state index contributed by atoms with van der Waals surface area (Å²) in [6.45, 7) is 4.26. The predicted molar refractivity (Wildman–Crippen MR) is 73.8 cm³/mol. The first-order chi connectivity index (χ1) is 8.19. The summed E-state index contributed by atoms with van der Waals surface area (Å²) in [6, 6.07) is 10.6. The van der Waals surface area contributed by atoms with E-state index >= 15 is 0 Å². The van der Waals surface area contributed by atoms with Gasteiger partial charge in [-0.05, 0) is 43.2 Å². The number of aromatic nitrogens is 1. The number of anilines is 1. The second-order valence-corrected chi connectivity index (χ2v) is 5.11. The van der Waals surface area contributed by atoms with Crippen molar-refractivity contribution < 1.29 is 0 Å². The molecular weight excluding hydrogens is 228 g/mol. The number of rotatable bonds is 3. The quantitative estimate of drug-likeness (QED) is 0.886. The van der Waals surface area contributed by atoms with Crippen LogP contribution in [0, 0.1) is 13.8 Å². The maximum atomic E-state index is 4.22. The smallest absolute Gasteiger partial charge is 0.126 e. The zero-order valence-electron chi connectivity index (χ0n) is 10.3. The van der Waals surface area contributed by atoms with E-state index in [1.807, 2.05) is 19.3 Å². The maximum absolute atomic E-state index is 4.22. The second kappa shape index (κ2) is 5.23. The van der Waals surface area contributed by atoms with Crippen molar-refractivity contribution in [2.24, 2.45) is 0 Å². The largest absolute Gasteiger partial charge is 0.373 e. The van der Waals surface area contributed by atoms with Crippen LogP contribution in [-0.2, 0) is 0 Å². The number of hydrogen-bond donors (Lipinski definition) is 1. The Morgan fingerprint density at radius 1 is 1.12 bits per heavy atom. The maximum Gasteiger partial charge on any atom is 0.126 e. The Bertz CT molecular complexity index is 523. The fourth-order valence-electron chi connectivity index (χ4n) is 1.56. The van der Waals surface area contributed by atoms with Gasteiger partial charge in [0.15, 0.2) is 0 Å². The SMILES string of the molecule is CNc1cc(Sc2cc(C)ccc2C)ccn1. The van der Waals surface area contributed by atoms with Gasteiger partial charge in [0.25, 0.3) is 0 Å². The number of nitrogens with zero attached hydrogens (tertiary/aromatic N) is 1. The number of aryl methyl sites for hydroxylation is 2. The first-order valence-corrected chi connectivity index (χ1v) is 6.39. The van der Waals surface area contributed by atoms with Crippen LogP contribution in [0.4, 0.5) is 5.82 Å². The van der Waals surface area contributed by atoms with Gasteiger partial charge in [0.2, 0.25) is 0 Å². The molecule has 0 fully saturated rings. The summed E-state index contributed by atoms with van der Waals surface area (Å²) in [5, 5.41) is 3.05. The third-order valence-corrected chi connectivity index (χ3v) is 3.71. The summed E-state index contributed by atoms with van der Waals surface area (Å²) in [5.74, 6) is 0.903. The Labute approximate surface area is 106 Å². The van der Waals surface area contributed by atoms with Crippen molar-refractivity contribution in [3.8, 4) is 0 Å². The van der Waals surface area contributed by atoms with Gasteiger partial charge in [-0.25, -0.2) is 4.98 Å². The average molecular weight is 244 g/mol. The minimum atomic E-state index is 0.903. The molecule has 88 valence electrons. The molecule has 0 bridgehead atoms. The van der Waals surface area contributed by atoms with Crippen LogP contribution in [0.25, 0.3) is 0 Å². The van der Waals surface area contributed by atoms with Crippen LogP contribution < -0.4 is 5.32 Å². The molecule has 0 amide bonds. The van der Waals surface area contributed by atoms with E-state index in [1.165, 1.54) is 20.9 Å². The molecule has 1 aromatic carbocycles. The van der Waals surface area contributed by atoms with Gasteiger partial charge in [0.1, 0.15) is 5.82 Å². The lowest BCUT2D eigenvalue weighted by Crippen LogP contribution is -1.91. The lowest BCUT2D eigenvalue weighted by molar-refractivity contribution is 1.22. The Balaban J connectivity index is 2.27. The fraction of sp³-hybridized carbons (Fsp3) is 0.214. The van der Waals surface area contributed by atoms with E-state index in [-0.39, 0.29) is 0 Å². The molecule has 0 atom stereocenters. The molecule has 0 radical (unpaired) electrons. The van der Waals surface area contributed by atoms with Crippen molar-refractivity contribution in [2.45, 2.75) is 23.6 Å². The van der Waals surface area contributed by atoms with Crippen molar-refractivity contribution in [3.63, 3.8) is 0 Å². The number of nitrogens with one attached hydrogen (secondary N) is 1. The molecular formula is C14H16N2S. The lowest BCUT2D eigenvalue weighted by atomic mass is 10.2. The number of pyridine rings is 1. The van der Waals surface area contributed by atoms with Gasteiger partial charge in [-0.3, -0.25) is 0 Å². The number of hydrogen-bond acceptors (Lipinski definition) is 3. The third-order valence-electron chi connectivity index (χ3n) is 2.56. The summed E-state index contributed by atoms with van der Waals surface area (Å²) >= 11 is 1.78. The van der Waals surface area contributed by atoms with E-state index in [4.69, 9.17) is 0 Å². The first-order valence-electron chi connectivity index (χ1n) is 5.58.